The van der Waals surface area contributed by atoms with Gasteiger partial charge < -0.3 is 11.1 Å². The van der Waals surface area contributed by atoms with Crippen LogP contribution in [-0.2, 0) is 23.1 Å². The monoisotopic (exact) mass is 354 g/mol. The number of fused-ring (bicyclic) bond motifs is 1. The summed E-state index contributed by atoms with van der Waals surface area (Å²) in [6.07, 6.45) is 4.57. The number of hydrogen-bond donors (Lipinski definition) is 2. The van der Waals surface area contributed by atoms with Crippen molar-refractivity contribution >= 4 is 28.2 Å². The van der Waals surface area contributed by atoms with Crippen LogP contribution < -0.4 is 11.1 Å². The Labute approximate surface area is 151 Å². The van der Waals surface area contributed by atoms with Crippen LogP contribution in [0.15, 0.2) is 30.3 Å². The minimum absolute atomic E-state index is 0.0205. The van der Waals surface area contributed by atoms with Crippen molar-refractivity contribution in [1.29, 1.82) is 0 Å². The second-order valence-corrected chi connectivity index (χ2v) is 8.43. The molecule has 3 N–H and O–H groups in total. The first-order valence-electron chi connectivity index (χ1n) is 8.82. The first-order chi connectivity index (χ1) is 12.0. The zero-order valence-electron chi connectivity index (χ0n) is 14.3. The van der Waals surface area contributed by atoms with E-state index in [0.29, 0.717) is 16.5 Å². The molecule has 2 aliphatic rings. The van der Waals surface area contributed by atoms with Gasteiger partial charge in [0.05, 0.1) is 11.0 Å². The summed E-state index contributed by atoms with van der Waals surface area (Å²) in [6.45, 7) is 2.22. The van der Waals surface area contributed by atoms with E-state index in [0.717, 1.165) is 43.2 Å². The first-order valence-corrected chi connectivity index (χ1v) is 9.64. The van der Waals surface area contributed by atoms with E-state index in [1.54, 1.807) is 0 Å². The lowest BCUT2D eigenvalue weighted by Gasteiger charge is -2.18. The fourth-order valence-electron chi connectivity index (χ4n) is 3.85. The van der Waals surface area contributed by atoms with Crippen LogP contribution in [0.1, 0.15) is 52.5 Å². The Morgan fingerprint density at radius 1 is 1.24 bits per heavy atom. The van der Waals surface area contributed by atoms with Crippen LogP contribution in [-0.4, -0.2) is 11.8 Å². The zero-order valence-corrected chi connectivity index (χ0v) is 15.1. The van der Waals surface area contributed by atoms with Crippen molar-refractivity contribution in [3.05, 3.63) is 51.9 Å². The number of anilines is 1. The molecule has 0 radical (unpaired) electrons. The highest BCUT2D eigenvalue weighted by molar-refractivity contribution is 7.17. The Hall–Kier alpha value is -2.14. The molecule has 0 spiro atoms. The Kier molecular flexibility index (Phi) is 3.91. The highest BCUT2D eigenvalue weighted by atomic mass is 32.1. The Balaban J connectivity index is 1.65. The van der Waals surface area contributed by atoms with E-state index in [9.17, 15) is 9.59 Å². The topological polar surface area (TPSA) is 72.2 Å². The van der Waals surface area contributed by atoms with E-state index in [4.69, 9.17) is 5.73 Å². The Bertz CT molecular complexity index is 837. The van der Waals surface area contributed by atoms with Crippen LogP contribution >= 0.6 is 11.3 Å². The summed E-state index contributed by atoms with van der Waals surface area (Å²) in [5.74, 6) is 0.147. The molecule has 2 aliphatic carbocycles. The molecule has 1 fully saturated rings. The Morgan fingerprint density at radius 2 is 1.96 bits per heavy atom. The lowest BCUT2D eigenvalue weighted by atomic mass is 9.88. The van der Waals surface area contributed by atoms with Crippen molar-refractivity contribution in [3.63, 3.8) is 0 Å². The average Bonchev–Trinajstić information content (AvgIpc) is 3.32. The van der Waals surface area contributed by atoms with Crippen molar-refractivity contribution in [2.24, 2.45) is 11.7 Å². The molecule has 4 rings (SSSR count). The van der Waals surface area contributed by atoms with E-state index in [2.05, 4.69) is 12.2 Å². The van der Waals surface area contributed by atoms with Gasteiger partial charge in [-0.15, -0.1) is 11.3 Å². The number of carbonyl (C=O) groups is 2. The summed E-state index contributed by atoms with van der Waals surface area (Å²) < 4.78 is 0. The summed E-state index contributed by atoms with van der Waals surface area (Å²) in [4.78, 5) is 26.2. The molecule has 1 saturated carbocycles. The third kappa shape index (κ3) is 2.76. The quantitative estimate of drug-likeness (QED) is 0.880. The molecule has 0 bridgehead atoms. The molecular weight excluding hydrogens is 332 g/mol. The molecule has 2 aromatic rings. The third-order valence-electron chi connectivity index (χ3n) is 5.50. The van der Waals surface area contributed by atoms with Gasteiger partial charge in [-0.25, -0.2) is 0 Å². The molecule has 4 nitrogen and oxygen atoms in total. The number of nitrogens with two attached hydrogens (primary N) is 1. The fraction of sp³-hybridized carbons (Fsp3) is 0.400. The van der Waals surface area contributed by atoms with E-state index in [1.165, 1.54) is 16.2 Å². The Morgan fingerprint density at radius 3 is 2.60 bits per heavy atom. The van der Waals surface area contributed by atoms with Crippen molar-refractivity contribution in [1.82, 2.24) is 0 Å². The maximum absolute atomic E-state index is 13.0. The molecule has 0 saturated heterocycles. The zero-order chi connectivity index (χ0) is 17.6. The number of nitrogens with one attached hydrogen (secondary N) is 1. The molecule has 2 amide bonds. The van der Waals surface area contributed by atoms with E-state index < -0.39 is 11.3 Å². The van der Waals surface area contributed by atoms with Gasteiger partial charge in [-0.1, -0.05) is 37.3 Å². The molecule has 1 atom stereocenters. The highest BCUT2D eigenvalue weighted by Gasteiger charge is 2.51. The third-order valence-corrected chi connectivity index (χ3v) is 6.67. The second-order valence-electron chi connectivity index (χ2n) is 7.32. The van der Waals surface area contributed by atoms with Gasteiger partial charge in [0, 0.05) is 4.88 Å². The minimum atomic E-state index is -0.450. The van der Waals surface area contributed by atoms with Gasteiger partial charge in [-0.3, -0.25) is 9.59 Å². The van der Waals surface area contributed by atoms with Crippen LogP contribution in [0.5, 0.6) is 0 Å². The molecule has 1 heterocycles. The van der Waals surface area contributed by atoms with Gasteiger partial charge in [0.15, 0.2) is 0 Å². The lowest BCUT2D eigenvalue weighted by Crippen LogP contribution is -2.28. The molecule has 1 unspecified atom stereocenters. The van der Waals surface area contributed by atoms with Crippen molar-refractivity contribution in [2.75, 3.05) is 5.32 Å². The molecule has 1 aromatic carbocycles. The summed E-state index contributed by atoms with van der Waals surface area (Å²) in [7, 11) is 0. The molecular formula is C20H22N2O2S. The number of benzene rings is 1. The van der Waals surface area contributed by atoms with Gasteiger partial charge >= 0.3 is 0 Å². The van der Waals surface area contributed by atoms with Crippen LogP contribution in [0.2, 0.25) is 0 Å². The largest absolute Gasteiger partial charge is 0.365 e. The summed E-state index contributed by atoms with van der Waals surface area (Å²) >= 11 is 1.53. The number of thiophene rings is 1. The molecule has 5 heteroatoms. The molecule has 130 valence electrons. The van der Waals surface area contributed by atoms with Crippen LogP contribution in [0.25, 0.3) is 0 Å². The van der Waals surface area contributed by atoms with Crippen LogP contribution in [0.3, 0.4) is 0 Å². The van der Waals surface area contributed by atoms with E-state index in [1.807, 2.05) is 30.3 Å². The highest BCUT2D eigenvalue weighted by Crippen LogP contribution is 2.49. The van der Waals surface area contributed by atoms with Crippen molar-refractivity contribution in [3.8, 4) is 0 Å². The number of rotatable bonds is 4. The second kappa shape index (κ2) is 5.99. The SMILES string of the molecule is CC1CCc2c(sc(NC(=O)C3(c4ccccc4)CC3)c2C(N)=O)C1. The normalized spacial score (nSPS) is 20.6. The smallest absolute Gasteiger partial charge is 0.251 e. The summed E-state index contributed by atoms with van der Waals surface area (Å²) in [6, 6.07) is 9.88. The van der Waals surface area contributed by atoms with Gasteiger partial charge in [0.1, 0.15) is 5.00 Å². The first kappa shape index (κ1) is 16.3. The van der Waals surface area contributed by atoms with Crippen molar-refractivity contribution < 1.29 is 9.59 Å². The number of amides is 2. The standard InChI is InChI=1S/C20H22N2O2S/c1-12-7-8-14-15(11-12)25-18(16(14)17(21)23)22-19(24)20(9-10-20)13-5-3-2-4-6-13/h2-6,12H,7-11H2,1H3,(H2,21,23)(H,22,24). The van der Waals surface area contributed by atoms with Gasteiger partial charge in [-0.2, -0.15) is 0 Å². The van der Waals surface area contributed by atoms with E-state index >= 15 is 0 Å². The molecule has 1 aromatic heterocycles. The number of carbonyl (C=O) groups excluding carboxylic acids is 2. The predicted octanol–water partition coefficient (Wildman–Crippen LogP) is 3.64. The fourth-order valence-corrected chi connectivity index (χ4v) is 5.26. The number of primary amides is 1. The molecule has 0 aliphatic heterocycles. The van der Waals surface area contributed by atoms with Gasteiger partial charge in [0.25, 0.3) is 5.91 Å². The number of hydrogen-bond acceptors (Lipinski definition) is 3. The minimum Gasteiger partial charge on any atom is -0.365 e. The van der Waals surface area contributed by atoms with Gasteiger partial charge in [0.2, 0.25) is 5.91 Å². The predicted molar refractivity (Wildman–Crippen MR) is 100 cm³/mol. The van der Waals surface area contributed by atoms with Crippen LogP contribution in [0, 0.1) is 5.92 Å². The summed E-state index contributed by atoms with van der Waals surface area (Å²) in [5, 5.41) is 3.68. The summed E-state index contributed by atoms with van der Waals surface area (Å²) in [5.41, 5.74) is 7.82. The molecule has 25 heavy (non-hydrogen) atoms. The van der Waals surface area contributed by atoms with Crippen molar-refractivity contribution in [2.45, 2.75) is 44.4 Å². The maximum atomic E-state index is 13.0. The average molecular weight is 354 g/mol. The van der Waals surface area contributed by atoms with E-state index in [-0.39, 0.29) is 5.91 Å². The lowest BCUT2D eigenvalue weighted by molar-refractivity contribution is -0.118. The van der Waals surface area contributed by atoms with Gasteiger partial charge in [-0.05, 0) is 49.1 Å². The maximum Gasteiger partial charge on any atom is 0.251 e. The van der Waals surface area contributed by atoms with Crippen LogP contribution in [0.4, 0.5) is 5.00 Å².